The van der Waals surface area contributed by atoms with Gasteiger partial charge in [-0.1, -0.05) is 6.92 Å². The zero-order valence-electron chi connectivity index (χ0n) is 15.7. The van der Waals surface area contributed by atoms with Gasteiger partial charge in [-0.05, 0) is 59.5 Å². The second kappa shape index (κ2) is 12.0. The van der Waals surface area contributed by atoms with Crippen LogP contribution in [0.15, 0.2) is 46.1 Å². The molecular weight excluding hydrogens is 461 g/mol. The zero-order chi connectivity index (χ0) is 18.1. The van der Waals surface area contributed by atoms with Crippen molar-refractivity contribution in [2.45, 2.75) is 25.9 Å². The first-order valence-corrected chi connectivity index (χ1v) is 9.34. The van der Waals surface area contributed by atoms with Crippen LogP contribution in [0.4, 0.5) is 0 Å². The lowest BCUT2D eigenvalue weighted by Crippen LogP contribution is -2.42. The fraction of sp³-hybridized carbons (Fsp3) is 0.421. The highest BCUT2D eigenvalue weighted by atomic mass is 127. The van der Waals surface area contributed by atoms with Crippen molar-refractivity contribution in [1.29, 1.82) is 0 Å². The Morgan fingerprint density at radius 3 is 2.31 bits per heavy atom. The lowest BCUT2D eigenvalue weighted by molar-refractivity contribution is 0.223. The van der Waals surface area contributed by atoms with E-state index in [-0.39, 0.29) is 30.1 Å². The monoisotopic (exact) mass is 489 g/mol. The summed E-state index contributed by atoms with van der Waals surface area (Å²) in [4.78, 5) is 4.27. The molecule has 0 radical (unpaired) electrons. The van der Waals surface area contributed by atoms with Gasteiger partial charge in [-0.25, -0.2) is 0 Å². The van der Waals surface area contributed by atoms with Gasteiger partial charge in [0.25, 0.3) is 0 Å². The smallest absolute Gasteiger partial charge is 0.191 e. The Bertz CT molecular complexity index is 647. The van der Waals surface area contributed by atoms with Gasteiger partial charge in [0, 0.05) is 13.6 Å². The van der Waals surface area contributed by atoms with Crippen molar-refractivity contribution in [3.63, 3.8) is 0 Å². The van der Waals surface area contributed by atoms with Crippen molar-refractivity contribution in [3.05, 3.63) is 46.7 Å². The van der Waals surface area contributed by atoms with Crippen LogP contribution in [0.3, 0.4) is 0 Å². The molecule has 0 amide bonds. The third-order valence-electron chi connectivity index (χ3n) is 3.87. The van der Waals surface area contributed by atoms with Gasteiger partial charge >= 0.3 is 0 Å². The van der Waals surface area contributed by atoms with Crippen molar-refractivity contribution >= 4 is 41.3 Å². The van der Waals surface area contributed by atoms with Crippen LogP contribution in [0.5, 0.6) is 11.5 Å². The van der Waals surface area contributed by atoms with Crippen molar-refractivity contribution < 1.29 is 9.47 Å². The van der Waals surface area contributed by atoms with Gasteiger partial charge in [-0.2, -0.15) is 11.3 Å². The van der Waals surface area contributed by atoms with E-state index in [9.17, 15) is 0 Å². The Morgan fingerprint density at radius 1 is 1.08 bits per heavy atom. The van der Waals surface area contributed by atoms with E-state index in [1.807, 2.05) is 31.2 Å². The number of guanidine groups is 1. The molecule has 0 aliphatic carbocycles. The maximum atomic E-state index is 5.89. The molecular formula is C19H28IN3O2S. The molecule has 1 heterocycles. The highest BCUT2D eigenvalue weighted by molar-refractivity contribution is 14.0. The van der Waals surface area contributed by atoms with Crippen LogP contribution in [0, 0.1) is 0 Å². The summed E-state index contributed by atoms with van der Waals surface area (Å²) >= 11 is 1.73. The van der Waals surface area contributed by atoms with E-state index >= 15 is 0 Å². The molecule has 1 aromatic heterocycles. The molecule has 1 aromatic carbocycles. The van der Waals surface area contributed by atoms with E-state index in [4.69, 9.17) is 9.47 Å². The molecule has 5 nitrogen and oxygen atoms in total. The fourth-order valence-corrected chi connectivity index (χ4v) is 3.09. The second-order valence-corrected chi connectivity index (χ2v) is 6.68. The van der Waals surface area contributed by atoms with Gasteiger partial charge < -0.3 is 20.1 Å². The number of benzene rings is 1. The van der Waals surface area contributed by atoms with Crippen LogP contribution in [0.1, 0.15) is 25.3 Å². The number of hydrogen-bond acceptors (Lipinski definition) is 4. The summed E-state index contributed by atoms with van der Waals surface area (Å²) in [6, 6.07) is 9.76. The van der Waals surface area contributed by atoms with Gasteiger partial charge in [-0.3, -0.25) is 4.99 Å². The predicted molar refractivity (Wildman–Crippen MR) is 121 cm³/mol. The molecule has 7 heteroatoms. The summed E-state index contributed by atoms with van der Waals surface area (Å²) in [6.45, 7) is 5.74. The number of aliphatic imine (C=N–C) groups is 1. The third-order valence-corrected chi connectivity index (χ3v) is 4.57. The molecule has 0 spiro atoms. The first-order chi connectivity index (χ1) is 12.1. The Kier molecular flexibility index (Phi) is 10.4. The van der Waals surface area contributed by atoms with Crippen molar-refractivity contribution in [2.75, 3.05) is 27.2 Å². The minimum atomic E-state index is 0. The van der Waals surface area contributed by atoms with Gasteiger partial charge in [-0.15, -0.1) is 24.0 Å². The molecule has 2 aromatic rings. The van der Waals surface area contributed by atoms with Crippen molar-refractivity contribution in [2.24, 2.45) is 4.99 Å². The molecule has 0 aliphatic heterocycles. The van der Waals surface area contributed by atoms with Gasteiger partial charge in [0.15, 0.2) is 5.96 Å². The number of nitrogens with one attached hydrogen (secondary N) is 2. The highest BCUT2D eigenvalue weighted by Gasteiger charge is 2.09. The molecule has 144 valence electrons. The number of nitrogens with zero attached hydrogens (tertiary/aromatic N) is 1. The topological polar surface area (TPSA) is 54.9 Å². The quantitative estimate of drug-likeness (QED) is 0.333. The lowest BCUT2D eigenvalue weighted by atomic mass is 10.1. The first-order valence-electron chi connectivity index (χ1n) is 8.39. The summed E-state index contributed by atoms with van der Waals surface area (Å²) in [5, 5.41) is 11.0. The third kappa shape index (κ3) is 7.41. The molecule has 2 unspecified atom stereocenters. The van der Waals surface area contributed by atoms with Gasteiger partial charge in [0.05, 0.1) is 13.7 Å². The van der Waals surface area contributed by atoms with Crippen LogP contribution in [0.2, 0.25) is 0 Å². The van der Waals surface area contributed by atoms with Crippen LogP contribution in [-0.2, 0) is 0 Å². The number of ether oxygens (including phenoxy) is 2. The average Bonchev–Trinajstić information content (AvgIpc) is 3.17. The molecule has 0 saturated carbocycles. The Morgan fingerprint density at radius 2 is 1.73 bits per heavy atom. The second-order valence-electron chi connectivity index (χ2n) is 5.90. The summed E-state index contributed by atoms with van der Waals surface area (Å²) in [5.74, 6) is 2.87. The fourth-order valence-electron chi connectivity index (χ4n) is 2.31. The molecule has 2 atom stereocenters. The summed E-state index contributed by atoms with van der Waals surface area (Å²) in [6.07, 6.45) is 0.0150. The van der Waals surface area contributed by atoms with E-state index in [0.717, 1.165) is 24.0 Å². The van der Waals surface area contributed by atoms with Crippen LogP contribution in [0.25, 0.3) is 0 Å². The standard InChI is InChI=1S/C19H27N3O2S.HI/c1-14(16-9-10-25-13-16)11-21-19(20-3)22-12-15(2)24-18-7-5-17(23-4)6-8-18;/h5-10,13-15H,11-12H2,1-4H3,(H2,20,21,22);1H. The summed E-state index contributed by atoms with van der Waals surface area (Å²) in [5.41, 5.74) is 1.35. The minimum absolute atomic E-state index is 0. The van der Waals surface area contributed by atoms with E-state index in [2.05, 4.69) is 39.4 Å². The Hall–Kier alpha value is -1.48. The minimum Gasteiger partial charge on any atom is -0.497 e. The molecule has 0 saturated heterocycles. The number of methoxy groups -OCH3 is 1. The molecule has 0 fully saturated rings. The number of thiophene rings is 1. The normalized spacial score (nSPS) is 13.3. The predicted octanol–water partition coefficient (Wildman–Crippen LogP) is 4.11. The first kappa shape index (κ1) is 22.6. The summed E-state index contributed by atoms with van der Waals surface area (Å²) in [7, 11) is 3.43. The largest absolute Gasteiger partial charge is 0.497 e. The maximum Gasteiger partial charge on any atom is 0.191 e. The van der Waals surface area contributed by atoms with Crippen molar-refractivity contribution in [3.8, 4) is 11.5 Å². The highest BCUT2D eigenvalue weighted by Crippen LogP contribution is 2.18. The Labute approximate surface area is 177 Å². The van der Waals surface area contributed by atoms with Gasteiger partial charge in [0.1, 0.15) is 17.6 Å². The summed E-state index contributed by atoms with van der Waals surface area (Å²) < 4.78 is 11.0. The molecule has 26 heavy (non-hydrogen) atoms. The molecule has 2 N–H and O–H groups in total. The number of halogens is 1. The van der Waals surface area contributed by atoms with E-state index in [1.165, 1.54) is 5.56 Å². The number of rotatable bonds is 8. The van der Waals surface area contributed by atoms with Crippen LogP contribution in [-0.4, -0.2) is 39.3 Å². The SMILES string of the molecule is CN=C(NCC(C)Oc1ccc(OC)cc1)NCC(C)c1ccsc1.I. The van der Waals surface area contributed by atoms with Crippen LogP contribution >= 0.6 is 35.3 Å². The zero-order valence-corrected chi connectivity index (χ0v) is 18.8. The van der Waals surface area contributed by atoms with Crippen molar-refractivity contribution in [1.82, 2.24) is 10.6 Å². The Balaban J connectivity index is 0.00000338. The average molecular weight is 489 g/mol. The van der Waals surface area contributed by atoms with E-state index in [1.54, 1.807) is 25.5 Å². The maximum absolute atomic E-state index is 5.89. The molecule has 2 rings (SSSR count). The van der Waals surface area contributed by atoms with E-state index < -0.39 is 0 Å². The molecule has 0 aliphatic rings. The molecule has 0 bridgehead atoms. The van der Waals surface area contributed by atoms with Gasteiger partial charge in [0.2, 0.25) is 0 Å². The number of hydrogen-bond donors (Lipinski definition) is 2. The van der Waals surface area contributed by atoms with E-state index in [0.29, 0.717) is 12.5 Å². The van der Waals surface area contributed by atoms with Crippen LogP contribution < -0.4 is 20.1 Å². The lowest BCUT2D eigenvalue weighted by Gasteiger charge is -2.19.